The third-order valence-electron chi connectivity index (χ3n) is 3.33. The lowest BCUT2D eigenvalue weighted by Crippen LogP contribution is -2.48. The van der Waals surface area contributed by atoms with E-state index in [1.165, 1.54) is 0 Å². The summed E-state index contributed by atoms with van der Waals surface area (Å²) in [5, 5.41) is 10.6. The molecule has 9 heteroatoms. The molecule has 5 nitrogen and oxygen atoms in total. The van der Waals surface area contributed by atoms with Crippen molar-refractivity contribution in [2.75, 3.05) is 24.6 Å². The predicted octanol–water partition coefficient (Wildman–Crippen LogP) is 3.88. The van der Waals surface area contributed by atoms with Crippen LogP contribution >= 0.6 is 11.6 Å². The Bertz CT molecular complexity index is 605. The maximum Gasteiger partial charge on any atom is 0.418 e. The van der Waals surface area contributed by atoms with E-state index in [1.807, 2.05) is 0 Å². The maximum absolute atomic E-state index is 12.8. The molecule has 2 rings (SSSR count). The zero-order valence-corrected chi connectivity index (χ0v) is 12.7. The van der Waals surface area contributed by atoms with Gasteiger partial charge in [-0.3, -0.25) is 10.1 Å². The van der Waals surface area contributed by atoms with Crippen LogP contribution in [0.15, 0.2) is 12.1 Å². The van der Waals surface area contributed by atoms with Gasteiger partial charge in [0.15, 0.2) is 0 Å². The largest absolute Gasteiger partial charge is 0.418 e. The first-order chi connectivity index (χ1) is 10.0. The maximum atomic E-state index is 12.8. The fourth-order valence-corrected chi connectivity index (χ4v) is 2.66. The van der Waals surface area contributed by atoms with E-state index in [9.17, 15) is 23.3 Å². The van der Waals surface area contributed by atoms with Gasteiger partial charge in [-0.05, 0) is 19.9 Å². The van der Waals surface area contributed by atoms with Crippen molar-refractivity contribution in [3.8, 4) is 0 Å². The number of hydrogen-bond donors (Lipinski definition) is 0. The number of benzene rings is 1. The van der Waals surface area contributed by atoms with Crippen LogP contribution in [0.4, 0.5) is 24.5 Å². The van der Waals surface area contributed by atoms with Crippen molar-refractivity contribution in [1.82, 2.24) is 0 Å². The van der Waals surface area contributed by atoms with E-state index in [4.69, 9.17) is 16.3 Å². The van der Waals surface area contributed by atoms with Crippen molar-refractivity contribution in [1.29, 1.82) is 0 Å². The second-order valence-electron chi connectivity index (χ2n) is 5.61. The van der Waals surface area contributed by atoms with Crippen LogP contribution in [0.1, 0.15) is 19.4 Å². The summed E-state index contributed by atoms with van der Waals surface area (Å²) < 4.78 is 44.0. The van der Waals surface area contributed by atoms with Crippen molar-refractivity contribution in [3.05, 3.63) is 32.8 Å². The Kier molecular flexibility index (Phi) is 4.27. The van der Waals surface area contributed by atoms with Crippen molar-refractivity contribution < 1.29 is 22.8 Å². The number of rotatable bonds is 2. The van der Waals surface area contributed by atoms with Crippen molar-refractivity contribution in [2.45, 2.75) is 25.6 Å². The van der Waals surface area contributed by atoms with Gasteiger partial charge in [0.05, 0.1) is 27.7 Å². The molecule has 0 spiro atoms. The van der Waals surface area contributed by atoms with E-state index >= 15 is 0 Å². The molecule has 1 aromatic carbocycles. The molecule has 1 aliphatic rings. The van der Waals surface area contributed by atoms with Crippen LogP contribution in [0.25, 0.3) is 0 Å². The monoisotopic (exact) mass is 338 g/mol. The number of alkyl halides is 3. The molecule has 0 bridgehead atoms. The molecule has 0 N–H and O–H groups in total. The lowest BCUT2D eigenvalue weighted by atomic mass is 10.1. The normalized spacial score (nSPS) is 18.4. The highest BCUT2D eigenvalue weighted by Crippen LogP contribution is 2.42. The van der Waals surface area contributed by atoms with Crippen LogP contribution in [-0.4, -0.2) is 30.2 Å². The topological polar surface area (TPSA) is 55.6 Å². The molecule has 1 saturated heterocycles. The minimum atomic E-state index is -4.75. The highest BCUT2D eigenvalue weighted by Gasteiger charge is 2.38. The van der Waals surface area contributed by atoms with E-state index in [1.54, 1.807) is 18.7 Å². The Balaban J connectivity index is 2.52. The smallest absolute Gasteiger partial charge is 0.372 e. The number of halogens is 4. The molecule has 0 aliphatic carbocycles. The predicted molar refractivity (Wildman–Crippen MR) is 75.4 cm³/mol. The van der Waals surface area contributed by atoms with Crippen LogP contribution in [0, 0.1) is 10.1 Å². The Morgan fingerprint density at radius 1 is 1.41 bits per heavy atom. The summed E-state index contributed by atoms with van der Waals surface area (Å²) in [5.41, 5.74) is -2.31. The fraction of sp³-hybridized carbons (Fsp3) is 0.538. The fourth-order valence-electron chi connectivity index (χ4n) is 2.39. The number of hydrogen-bond acceptors (Lipinski definition) is 4. The van der Waals surface area contributed by atoms with Crippen LogP contribution in [0.3, 0.4) is 0 Å². The van der Waals surface area contributed by atoms with Gasteiger partial charge in [-0.25, -0.2) is 0 Å². The van der Waals surface area contributed by atoms with E-state index in [-0.39, 0.29) is 5.69 Å². The molecule has 122 valence electrons. The molecular weight excluding hydrogens is 325 g/mol. The van der Waals surface area contributed by atoms with Gasteiger partial charge in [0.2, 0.25) is 0 Å². The van der Waals surface area contributed by atoms with Gasteiger partial charge in [-0.1, -0.05) is 11.6 Å². The molecule has 0 aromatic heterocycles. The zero-order chi connectivity index (χ0) is 16.7. The molecule has 0 unspecified atom stereocenters. The van der Waals surface area contributed by atoms with Gasteiger partial charge >= 0.3 is 6.18 Å². The van der Waals surface area contributed by atoms with Gasteiger partial charge in [0.1, 0.15) is 5.69 Å². The van der Waals surface area contributed by atoms with E-state index in [0.717, 1.165) is 6.07 Å². The number of nitro benzene ring substituents is 1. The van der Waals surface area contributed by atoms with Gasteiger partial charge in [0, 0.05) is 19.2 Å². The minimum Gasteiger partial charge on any atom is -0.372 e. The van der Waals surface area contributed by atoms with E-state index in [2.05, 4.69) is 0 Å². The second kappa shape index (κ2) is 5.58. The first-order valence-corrected chi connectivity index (χ1v) is 6.83. The number of nitrogens with zero attached hydrogens (tertiary/aromatic N) is 2. The molecule has 0 amide bonds. The average Bonchev–Trinajstić information content (AvgIpc) is 2.35. The molecule has 0 atom stereocenters. The molecule has 1 fully saturated rings. The SMILES string of the molecule is CC1(C)CN(c2cc(Cl)c(C(F)(F)F)cc2[N+](=O)[O-])CCO1. The summed E-state index contributed by atoms with van der Waals surface area (Å²) in [6.45, 7) is 4.58. The van der Waals surface area contributed by atoms with E-state index in [0.29, 0.717) is 25.8 Å². The number of ether oxygens (including phenoxy) is 1. The van der Waals surface area contributed by atoms with Crippen molar-refractivity contribution in [3.63, 3.8) is 0 Å². The highest BCUT2D eigenvalue weighted by atomic mass is 35.5. The highest BCUT2D eigenvalue weighted by molar-refractivity contribution is 6.31. The molecule has 22 heavy (non-hydrogen) atoms. The molecular formula is C13H14ClF3N2O3. The quantitative estimate of drug-likeness (QED) is 0.606. The third kappa shape index (κ3) is 3.44. The molecule has 1 heterocycles. The first-order valence-electron chi connectivity index (χ1n) is 6.45. The first kappa shape index (κ1) is 16.8. The Hall–Kier alpha value is -1.54. The Labute approximate surface area is 129 Å². The molecule has 1 aromatic rings. The van der Waals surface area contributed by atoms with Gasteiger partial charge in [-0.2, -0.15) is 13.2 Å². The van der Waals surface area contributed by atoms with Crippen LogP contribution < -0.4 is 4.90 Å². The lowest BCUT2D eigenvalue weighted by Gasteiger charge is -2.39. The van der Waals surface area contributed by atoms with Crippen LogP contribution in [0.2, 0.25) is 5.02 Å². The number of morpholine rings is 1. The summed E-state index contributed by atoms with van der Waals surface area (Å²) >= 11 is 5.68. The lowest BCUT2D eigenvalue weighted by molar-refractivity contribution is -0.384. The van der Waals surface area contributed by atoms with Crippen molar-refractivity contribution >= 4 is 23.0 Å². The Morgan fingerprint density at radius 3 is 2.55 bits per heavy atom. The zero-order valence-electron chi connectivity index (χ0n) is 11.9. The van der Waals surface area contributed by atoms with Crippen LogP contribution in [-0.2, 0) is 10.9 Å². The standard InChI is InChI=1S/C13H14ClF3N2O3/c1-12(2)7-18(3-4-22-12)10-6-9(14)8(13(15,16)17)5-11(10)19(20)21/h5-6H,3-4,7H2,1-2H3. The molecule has 0 saturated carbocycles. The van der Waals surface area contributed by atoms with Crippen LogP contribution in [0.5, 0.6) is 0 Å². The number of anilines is 1. The van der Waals surface area contributed by atoms with E-state index < -0.39 is 33.0 Å². The summed E-state index contributed by atoms with van der Waals surface area (Å²) in [7, 11) is 0. The minimum absolute atomic E-state index is 0.0689. The van der Waals surface area contributed by atoms with Gasteiger partial charge < -0.3 is 9.64 Å². The summed E-state index contributed by atoms with van der Waals surface area (Å²) in [4.78, 5) is 11.9. The molecule has 0 radical (unpaired) electrons. The Morgan fingerprint density at radius 2 is 2.05 bits per heavy atom. The average molecular weight is 339 g/mol. The summed E-state index contributed by atoms with van der Waals surface area (Å²) in [6.07, 6.45) is -4.75. The van der Waals surface area contributed by atoms with Crippen molar-refractivity contribution in [2.24, 2.45) is 0 Å². The third-order valence-corrected chi connectivity index (χ3v) is 3.65. The van der Waals surface area contributed by atoms with Gasteiger partial charge in [0.25, 0.3) is 5.69 Å². The summed E-state index contributed by atoms with van der Waals surface area (Å²) in [5.74, 6) is 0. The second-order valence-corrected chi connectivity index (χ2v) is 6.01. The molecule has 1 aliphatic heterocycles. The summed E-state index contributed by atoms with van der Waals surface area (Å²) in [6, 6.07) is 1.49. The number of nitro groups is 1. The van der Waals surface area contributed by atoms with Gasteiger partial charge in [-0.15, -0.1) is 0 Å².